The van der Waals surface area contributed by atoms with Gasteiger partial charge in [0, 0.05) is 36.8 Å². The van der Waals surface area contributed by atoms with E-state index < -0.39 is 0 Å². The molecular formula is C16H19N5. The largest absolute Gasteiger partial charge is 0.370 e. The first-order valence-corrected chi connectivity index (χ1v) is 7.21. The van der Waals surface area contributed by atoms with E-state index in [2.05, 4.69) is 40.3 Å². The molecule has 3 rings (SSSR count). The summed E-state index contributed by atoms with van der Waals surface area (Å²) in [5, 5.41) is 7.78. The third-order valence-electron chi connectivity index (χ3n) is 3.44. The van der Waals surface area contributed by atoms with Gasteiger partial charge in [0.2, 0.25) is 0 Å². The van der Waals surface area contributed by atoms with Crippen LogP contribution in [-0.4, -0.2) is 26.1 Å². The van der Waals surface area contributed by atoms with Gasteiger partial charge in [0.1, 0.15) is 5.82 Å². The van der Waals surface area contributed by atoms with E-state index in [9.17, 15) is 0 Å². The molecule has 0 aromatic carbocycles. The highest BCUT2D eigenvalue weighted by Gasteiger charge is 2.08. The van der Waals surface area contributed by atoms with Crippen LogP contribution < -0.4 is 5.32 Å². The van der Waals surface area contributed by atoms with Gasteiger partial charge in [0.15, 0.2) is 5.65 Å². The van der Waals surface area contributed by atoms with Crippen molar-refractivity contribution in [2.75, 3.05) is 11.9 Å². The van der Waals surface area contributed by atoms with E-state index in [-0.39, 0.29) is 0 Å². The van der Waals surface area contributed by atoms with Crippen molar-refractivity contribution in [3.8, 4) is 0 Å². The molecule has 3 aromatic rings. The summed E-state index contributed by atoms with van der Waals surface area (Å²) >= 11 is 0. The molecule has 0 spiro atoms. The fourth-order valence-electron chi connectivity index (χ4n) is 2.24. The summed E-state index contributed by atoms with van der Waals surface area (Å²) in [6, 6.07) is 8.09. The Morgan fingerprint density at radius 1 is 1.14 bits per heavy atom. The normalized spacial score (nSPS) is 11.2. The van der Waals surface area contributed by atoms with Crippen LogP contribution in [0.5, 0.6) is 0 Å². The van der Waals surface area contributed by atoms with Gasteiger partial charge in [-0.05, 0) is 30.0 Å². The van der Waals surface area contributed by atoms with Crippen molar-refractivity contribution >= 4 is 11.5 Å². The number of fused-ring (bicyclic) bond motifs is 1. The minimum absolute atomic E-state index is 0.394. The maximum Gasteiger partial charge on any atom is 0.157 e. The van der Waals surface area contributed by atoms with Gasteiger partial charge >= 0.3 is 0 Å². The van der Waals surface area contributed by atoms with E-state index in [4.69, 9.17) is 0 Å². The van der Waals surface area contributed by atoms with Crippen molar-refractivity contribution in [3.05, 3.63) is 54.1 Å². The van der Waals surface area contributed by atoms with Crippen molar-refractivity contribution in [1.29, 1.82) is 0 Å². The van der Waals surface area contributed by atoms with Gasteiger partial charge in [-0.3, -0.25) is 4.98 Å². The van der Waals surface area contributed by atoms with Crippen molar-refractivity contribution in [3.63, 3.8) is 0 Å². The Balaban J connectivity index is 1.78. The van der Waals surface area contributed by atoms with E-state index in [0.29, 0.717) is 5.92 Å². The molecule has 0 radical (unpaired) electrons. The molecule has 0 atom stereocenters. The van der Waals surface area contributed by atoms with E-state index in [0.717, 1.165) is 30.1 Å². The van der Waals surface area contributed by atoms with Crippen LogP contribution in [0.15, 0.2) is 42.9 Å². The third kappa shape index (κ3) is 3.02. The summed E-state index contributed by atoms with van der Waals surface area (Å²) in [5.74, 6) is 1.38. The molecule has 108 valence electrons. The molecule has 5 nitrogen and oxygen atoms in total. The number of pyridine rings is 1. The molecule has 3 heterocycles. The molecule has 0 bridgehead atoms. The lowest BCUT2D eigenvalue weighted by atomic mass is 10.1. The lowest BCUT2D eigenvalue weighted by Crippen LogP contribution is -2.11. The molecule has 5 heteroatoms. The first-order chi connectivity index (χ1) is 10.2. The van der Waals surface area contributed by atoms with E-state index in [1.165, 1.54) is 5.56 Å². The minimum Gasteiger partial charge on any atom is -0.370 e. The zero-order chi connectivity index (χ0) is 14.7. The lowest BCUT2D eigenvalue weighted by molar-refractivity contribution is 0.807. The molecule has 0 aliphatic heterocycles. The standard InChI is InChI=1S/C16H19N5/c1-12(2)14-11-16(21-15(20-14)6-10-19-21)18-9-5-13-3-7-17-8-4-13/h3-4,6-8,10-12,18H,5,9H2,1-2H3. The number of hydrogen-bond donors (Lipinski definition) is 1. The molecule has 0 saturated carbocycles. The second-order valence-corrected chi connectivity index (χ2v) is 5.35. The molecule has 0 aliphatic rings. The molecule has 0 fully saturated rings. The number of aromatic nitrogens is 4. The smallest absolute Gasteiger partial charge is 0.157 e. The highest BCUT2D eigenvalue weighted by Crippen LogP contribution is 2.18. The lowest BCUT2D eigenvalue weighted by Gasteiger charge is -2.12. The maximum absolute atomic E-state index is 4.61. The van der Waals surface area contributed by atoms with E-state index >= 15 is 0 Å². The van der Waals surface area contributed by atoms with Gasteiger partial charge in [-0.25, -0.2) is 4.98 Å². The zero-order valence-corrected chi connectivity index (χ0v) is 12.3. The predicted molar refractivity (Wildman–Crippen MR) is 83.5 cm³/mol. The molecule has 3 aromatic heterocycles. The average Bonchev–Trinajstić information content (AvgIpc) is 2.96. The van der Waals surface area contributed by atoms with Crippen molar-refractivity contribution in [1.82, 2.24) is 19.6 Å². The molecule has 0 saturated heterocycles. The van der Waals surface area contributed by atoms with Crippen molar-refractivity contribution in [2.45, 2.75) is 26.2 Å². The highest BCUT2D eigenvalue weighted by molar-refractivity contribution is 5.49. The fraction of sp³-hybridized carbons (Fsp3) is 0.312. The molecular weight excluding hydrogens is 262 g/mol. The Hall–Kier alpha value is -2.43. The van der Waals surface area contributed by atoms with Gasteiger partial charge in [-0.1, -0.05) is 13.8 Å². The van der Waals surface area contributed by atoms with E-state index in [1.54, 1.807) is 6.20 Å². The Kier molecular flexibility index (Phi) is 3.81. The van der Waals surface area contributed by atoms with Crippen LogP contribution in [0.2, 0.25) is 0 Å². The second kappa shape index (κ2) is 5.91. The van der Waals surface area contributed by atoms with Gasteiger partial charge in [-0.2, -0.15) is 9.61 Å². The van der Waals surface area contributed by atoms with Crippen LogP contribution in [0.3, 0.4) is 0 Å². The van der Waals surface area contributed by atoms with Gasteiger partial charge in [0.05, 0.1) is 6.20 Å². The van der Waals surface area contributed by atoms with Crippen LogP contribution in [0.25, 0.3) is 5.65 Å². The second-order valence-electron chi connectivity index (χ2n) is 5.35. The molecule has 1 N–H and O–H groups in total. The maximum atomic E-state index is 4.61. The monoisotopic (exact) mass is 281 g/mol. The highest BCUT2D eigenvalue weighted by atomic mass is 15.3. The average molecular weight is 281 g/mol. The predicted octanol–water partition coefficient (Wildman–Crippen LogP) is 2.90. The first-order valence-electron chi connectivity index (χ1n) is 7.21. The Bertz CT molecular complexity index is 718. The SMILES string of the molecule is CC(C)c1cc(NCCc2ccncc2)n2nccc2n1. The third-order valence-corrected chi connectivity index (χ3v) is 3.44. The number of hydrogen-bond acceptors (Lipinski definition) is 4. The van der Waals surface area contributed by atoms with Crippen molar-refractivity contribution in [2.24, 2.45) is 0 Å². The summed E-state index contributed by atoms with van der Waals surface area (Å²) < 4.78 is 1.85. The first kappa shape index (κ1) is 13.5. The Morgan fingerprint density at radius 2 is 1.95 bits per heavy atom. The van der Waals surface area contributed by atoms with Crippen LogP contribution in [-0.2, 0) is 6.42 Å². The van der Waals surface area contributed by atoms with Gasteiger partial charge in [0.25, 0.3) is 0 Å². The molecule has 0 aliphatic carbocycles. The van der Waals surface area contributed by atoms with Gasteiger partial charge < -0.3 is 5.32 Å². The minimum atomic E-state index is 0.394. The Morgan fingerprint density at radius 3 is 2.71 bits per heavy atom. The summed E-state index contributed by atoms with van der Waals surface area (Å²) in [6.45, 7) is 5.15. The van der Waals surface area contributed by atoms with E-state index in [1.807, 2.05) is 35.1 Å². The summed E-state index contributed by atoms with van der Waals surface area (Å²) in [7, 11) is 0. The number of nitrogens with one attached hydrogen (secondary N) is 1. The summed E-state index contributed by atoms with van der Waals surface area (Å²) in [6.07, 6.45) is 6.37. The van der Waals surface area contributed by atoms with Crippen LogP contribution in [0.4, 0.5) is 5.82 Å². The van der Waals surface area contributed by atoms with Crippen LogP contribution in [0, 0.1) is 0 Å². The number of anilines is 1. The number of nitrogens with zero attached hydrogens (tertiary/aromatic N) is 4. The number of rotatable bonds is 5. The topological polar surface area (TPSA) is 55.1 Å². The fourth-order valence-corrected chi connectivity index (χ4v) is 2.24. The summed E-state index contributed by atoms with van der Waals surface area (Å²) in [5.41, 5.74) is 3.23. The quantitative estimate of drug-likeness (QED) is 0.781. The zero-order valence-electron chi connectivity index (χ0n) is 12.3. The molecule has 0 amide bonds. The summed E-state index contributed by atoms with van der Waals surface area (Å²) in [4.78, 5) is 8.65. The van der Waals surface area contributed by atoms with Crippen LogP contribution >= 0.6 is 0 Å². The van der Waals surface area contributed by atoms with Gasteiger partial charge in [-0.15, -0.1) is 0 Å². The molecule has 0 unspecified atom stereocenters. The molecule has 21 heavy (non-hydrogen) atoms. The Labute approximate surface area is 124 Å². The van der Waals surface area contributed by atoms with Crippen LogP contribution in [0.1, 0.15) is 31.0 Å². The van der Waals surface area contributed by atoms with Crippen molar-refractivity contribution < 1.29 is 0 Å².